The Labute approximate surface area is 244 Å². The van der Waals surface area contributed by atoms with Gasteiger partial charge < -0.3 is 28.1 Å². The minimum atomic E-state index is -1.36. The molecule has 1 saturated heterocycles. The van der Waals surface area contributed by atoms with Crippen LogP contribution in [0.2, 0.25) is 0 Å². The van der Waals surface area contributed by atoms with Crippen LogP contribution in [-0.4, -0.2) is 71.4 Å². The zero-order valence-corrected chi connectivity index (χ0v) is 23.9. The second-order valence-corrected chi connectivity index (χ2v) is 10.2. The lowest BCUT2D eigenvalue weighted by atomic mass is 9.99. The highest BCUT2D eigenvalue weighted by Gasteiger charge is 2.53. The first kappa shape index (κ1) is 30.5. The van der Waals surface area contributed by atoms with E-state index in [0.717, 1.165) is 32.5 Å². The van der Waals surface area contributed by atoms with Crippen molar-refractivity contribution < 1.29 is 52.1 Å². The highest BCUT2D eigenvalue weighted by Crippen LogP contribution is 2.38. The van der Waals surface area contributed by atoms with Crippen molar-refractivity contribution in [1.82, 2.24) is 0 Å². The number of hydrogen-bond donors (Lipinski definition) is 0. The fraction of sp³-hybridized carbons (Fsp3) is 0.357. The lowest BCUT2D eigenvalue weighted by Crippen LogP contribution is -2.61. The summed E-state index contributed by atoms with van der Waals surface area (Å²) in [5, 5.41) is 0.143. The van der Waals surface area contributed by atoms with Gasteiger partial charge in [0.25, 0.3) is 5.91 Å². The Balaban J connectivity index is 1.77. The maximum atomic E-state index is 13.5. The molecule has 1 fully saturated rings. The molecule has 0 spiro atoms. The largest absolute Gasteiger partial charge is 0.465 e. The molecule has 42 heavy (non-hydrogen) atoms. The first-order chi connectivity index (χ1) is 20.0. The Morgan fingerprint density at radius 2 is 1.52 bits per heavy atom. The maximum Gasteiger partial charge on any atom is 0.303 e. The molecule has 0 N–H and O–H groups in total. The molecule has 0 radical (unpaired) electrons. The summed E-state index contributed by atoms with van der Waals surface area (Å²) in [6.45, 7) is 4.22. The van der Waals surface area contributed by atoms with E-state index in [9.17, 15) is 24.0 Å². The molecule has 1 amide bonds. The number of esters is 4. The molecule has 14 heteroatoms. The molecule has 2 aromatic rings. The zero-order chi connectivity index (χ0) is 30.4. The van der Waals surface area contributed by atoms with E-state index in [1.165, 1.54) is 24.2 Å². The van der Waals surface area contributed by atoms with E-state index < -0.39 is 59.6 Å². The number of anilines is 1. The topological polar surface area (TPSA) is 160 Å². The molecule has 1 aromatic heterocycles. The molecule has 0 unspecified atom stereocenters. The van der Waals surface area contributed by atoms with Gasteiger partial charge >= 0.3 is 23.9 Å². The van der Waals surface area contributed by atoms with Crippen LogP contribution in [-0.2, 0) is 47.7 Å². The molecule has 0 bridgehead atoms. The number of nitrogens with zero attached hydrogens (tertiary/aromatic N) is 2. The number of rotatable bonds is 8. The fourth-order valence-electron chi connectivity index (χ4n) is 4.28. The van der Waals surface area contributed by atoms with E-state index in [0.29, 0.717) is 11.4 Å². The number of para-hydroxylation sites is 1. The van der Waals surface area contributed by atoms with Crippen molar-refractivity contribution >= 4 is 58.5 Å². The molecule has 4 rings (SSSR count). The van der Waals surface area contributed by atoms with E-state index >= 15 is 0 Å². The summed E-state index contributed by atoms with van der Waals surface area (Å²) in [4.78, 5) is 67.4. The number of thioether (sulfide) groups is 1. The Hall–Kier alpha value is -4.43. The molecule has 2 aliphatic rings. The van der Waals surface area contributed by atoms with Crippen molar-refractivity contribution in [3.05, 3.63) is 60.2 Å². The summed E-state index contributed by atoms with van der Waals surface area (Å²) >= 11 is 0.903. The standard InChI is InChI=1S/C28H28N2O11S/c1-15(31)37-14-22-23(38-16(2)32)24(39-17(3)33)25(40-18(4)34)27(41-22)42-28-29-21(13-20-11-8-12-36-20)26(35)30(28)19-9-6-5-7-10-19/h5-13,22-25,27H,14H2,1-4H3/b21-13-/t22-,23+,24+,25-,27+/m1/s1. The van der Waals surface area contributed by atoms with Crippen LogP contribution in [0.15, 0.2) is 63.8 Å². The fourth-order valence-corrected chi connectivity index (χ4v) is 5.47. The van der Waals surface area contributed by atoms with Crippen LogP contribution in [0.3, 0.4) is 0 Å². The molecular formula is C28H28N2O11S. The number of carbonyl (C=O) groups is 5. The van der Waals surface area contributed by atoms with E-state index in [1.54, 1.807) is 42.5 Å². The summed E-state index contributed by atoms with van der Waals surface area (Å²) in [7, 11) is 0. The second kappa shape index (κ2) is 13.5. The Morgan fingerprint density at radius 3 is 2.12 bits per heavy atom. The molecular weight excluding hydrogens is 572 g/mol. The number of carbonyl (C=O) groups excluding carboxylic acids is 5. The third-order valence-corrected chi connectivity index (χ3v) is 6.93. The summed E-state index contributed by atoms with van der Waals surface area (Å²) in [6, 6.07) is 12.0. The minimum Gasteiger partial charge on any atom is -0.465 e. The van der Waals surface area contributed by atoms with Crippen molar-refractivity contribution in [3.63, 3.8) is 0 Å². The van der Waals surface area contributed by atoms with Crippen LogP contribution >= 0.6 is 11.8 Å². The number of amides is 1. The van der Waals surface area contributed by atoms with E-state index in [2.05, 4.69) is 4.99 Å². The van der Waals surface area contributed by atoms with Crippen LogP contribution < -0.4 is 4.90 Å². The predicted molar refractivity (Wildman–Crippen MR) is 148 cm³/mol. The smallest absolute Gasteiger partial charge is 0.303 e. The third kappa shape index (κ3) is 7.44. The predicted octanol–water partition coefficient (Wildman–Crippen LogP) is 2.84. The van der Waals surface area contributed by atoms with Gasteiger partial charge in [-0.1, -0.05) is 30.0 Å². The Kier molecular flexibility index (Phi) is 9.80. The van der Waals surface area contributed by atoms with Crippen LogP contribution in [0.25, 0.3) is 6.08 Å². The molecule has 222 valence electrons. The van der Waals surface area contributed by atoms with Crippen molar-refractivity contribution in [2.24, 2.45) is 4.99 Å². The van der Waals surface area contributed by atoms with Gasteiger partial charge in [-0.2, -0.15) is 0 Å². The number of furan rings is 1. The van der Waals surface area contributed by atoms with Crippen LogP contribution in [0.5, 0.6) is 0 Å². The van der Waals surface area contributed by atoms with E-state index in [4.69, 9.17) is 28.1 Å². The average Bonchev–Trinajstić information content (AvgIpc) is 3.54. The Bertz CT molecular complexity index is 1390. The van der Waals surface area contributed by atoms with Crippen molar-refractivity contribution in [1.29, 1.82) is 0 Å². The molecule has 3 heterocycles. The summed E-state index contributed by atoms with van der Waals surface area (Å²) in [5.41, 5.74) is -0.629. The van der Waals surface area contributed by atoms with Crippen molar-refractivity contribution in [3.8, 4) is 0 Å². The van der Waals surface area contributed by atoms with Gasteiger partial charge in [-0.25, -0.2) is 4.99 Å². The zero-order valence-electron chi connectivity index (χ0n) is 23.1. The van der Waals surface area contributed by atoms with Gasteiger partial charge in [0.15, 0.2) is 28.9 Å². The number of benzene rings is 1. The lowest BCUT2D eigenvalue weighted by Gasteiger charge is -2.44. The van der Waals surface area contributed by atoms with Gasteiger partial charge in [-0.3, -0.25) is 28.9 Å². The van der Waals surface area contributed by atoms with Crippen LogP contribution in [0.1, 0.15) is 33.5 Å². The van der Waals surface area contributed by atoms with Gasteiger partial charge in [0.1, 0.15) is 24.2 Å². The third-order valence-electron chi connectivity index (χ3n) is 5.84. The van der Waals surface area contributed by atoms with Gasteiger partial charge in [0, 0.05) is 33.8 Å². The normalized spacial score (nSPS) is 24.6. The molecule has 0 aliphatic carbocycles. The second-order valence-electron chi connectivity index (χ2n) is 9.10. The summed E-state index contributed by atoms with van der Waals surface area (Å²) < 4.78 is 33.1. The minimum absolute atomic E-state index is 0.0573. The molecule has 0 saturated carbocycles. The van der Waals surface area contributed by atoms with Crippen molar-refractivity contribution in [2.75, 3.05) is 11.5 Å². The SMILES string of the molecule is CC(=O)OC[C@H]1O[C@@H](SC2=N/C(=C\c3ccco3)C(=O)N2c2ccccc2)[C@H](OC(C)=O)[C@@H](OC(C)=O)[C@H]1OC(C)=O. The van der Waals surface area contributed by atoms with Gasteiger partial charge in [0.2, 0.25) is 0 Å². The van der Waals surface area contributed by atoms with Gasteiger partial charge in [-0.15, -0.1) is 0 Å². The van der Waals surface area contributed by atoms with Gasteiger partial charge in [-0.05, 0) is 24.3 Å². The first-order valence-electron chi connectivity index (χ1n) is 12.7. The maximum absolute atomic E-state index is 13.5. The quantitative estimate of drug-likeness (QED) is 0.248. The van der Waals surface area contributed by atoms with Gasteiger partial charge in [0.05, 0.1) is 12.0 Å². The summed E-state index contributed by atoms with van der Waals surface area (Å²) in [5.74, 6) is -2.94. The monoisotopic (exact) mass is 600 g/mol. The van der Waals surface area contributed by atoms with Crippen LogP contribution in [0.4, 0.5) is 5.69 Å². The molecule has 5 atom stereocenters. The van der Waals surface area contributed by atoms with E-state index in [-0.39, 0.29) is 17.5 Å². The molecule has 2 aliphatic heterocycles. The molecule has 1 aromatic carbocycles. The van der Waals surface area contributed by atoms with Crippen LogP contribution in [0, 0.1) is 0 Å². The lowest BCUT2D eigenvalue weighted by molar-refractivity contribution is -0.237. The highest BCUT2D eigenvalue weighted by molar-refractivity contribution is 8.14. The first-order valence-corrected chi connectivity index (χ1v) is 13.6. The van der Waals surface area contributed by atoms with E-state index in [1.807, 2.05) is 0 Å². The average molecular weight is 601 g/mol. The number of amidine groups is 1. The number of hydrogen-bond acceptors (Lipinski definition) is 13. The number of ether oxygens (including phenoxy) is 5. The summed E-state index contributed by atoms with van der Waals surface area (Å²) in [6.07, 6.45) is -2.21. The Morgan fingerprint density at radius 1 is 0.881 bits per heavy atom. The molecule has 13 nitrogen and oxygen atoms in total. The van der Waals surface area contributed by atoms with Crippen molar-refractivity contribution in [2.45, 2.75) is 57.5 Å². The highest BCUT2D eigenvalue weighted by atomic mass is 32.2. The number of aliphatic imine (C=N–C) groups is 1.